The molecule has 1 aromatic carbocycles. The molecule has 0 saturated carbocycles. The molecule has 2 amide bonds. The largest absolute Gasteiger partial charge is 0.399 e. The van der Waals surface area contributed by atoms with Crippen molar-refractivity contribution < 1.29 is 9.59 Å². The monoisotopic (exact) mass is 247 g/mol. The van der Waals surface area contributed by atoms with E-state index in [1.165, 1.54) is 0 Å². The number of hydrogen-bond donors (Lipinski definition) is 1. The number of hydrogen-bond acceptors (Lipinski definition) is 3. The van der Waals surface area contributed by atoms with Gasteiger partial charge < -0.3 is 15.5 Å². The third-order valence-electron chi connectivity index (χ3n) is 3.26. The van der Waals surface area contributed by atoms with E-state index in [0.717, 1.165) is 5.56 Å². The zero-order valence-corrected chi connectivity index (χ0v) is 10.6. The number of nitrogens with zero attached hydrogens (tertiary/aromatic N) is 2. The standard InChI is InChI=1S/C13H17N3O2/c1-9-7-10(3-4-11(9)14)13(18)16-6-5-15(2)12(17)8-16/h3-4,7H,5-6,8,14H2,1-2H3. The molecule has 2 rings (SSSR count). The number of nitrogen functional groups attached to an aromatic ring is 1. The van der Waals surface area contributed by atoms with Crippen LogP contribution in [0.5, 0.6) is 0 Å². The highest BCUT2D eigenvalue weighted by Gasteiger charge is 2.25. The first-order chi connectivity index (χ1) is 8.49. The minimum absolute atomic E-state index is 0.0261. The summed E-state index contributed by atoms with van der Waals surface area (Å²) in [6.45, 7) is 3.17. The molecule has 0 bridgehead atoms. The third-order valence-corrected chi connectivity index (χ3v) is 3.26. The van der Waals surface area contributed by atoms with E-state index in [1.54, 1.807) is 35.0 Å². The van der Waals surface area contributed by atoms with Crippen molar-refractivity contribution in [3.63, 3.8) is 0 Å². The van der Waals surface area contributed by atoms with Gasteiger partial charge in [0.2, 0.25) is 5.91 Å². The zero-order valence-electron chi connectivity index (χ0n) is 10.6. The molecule has 1 saturated heterocycles. The second-order valence-corrected chi connectivity index (χ2v) is 4.61. The second-order valence-electron chi connectivity index (χ2n) is 4.61. The molecule has 96 valence electrons. The van der Waals surface area contributed by atoms with Gasteiger partial charge in [0, 0.05) is 31.4 Å². The van der Waals surface area contributed by atoms with Crippen molar-refractivity contribution in [2.45, 2.75) is 6.92 Å². The number of likely N-dealkylation sites (N-methyl/N-ethyl adjacent to an activating group) is 1. The van der Waals surface area contributed by atoms with Gasteiger partial charge in [-0.2, -0.15) is 0 Å². The first kappa shape index (κ1) is 12.4. The lowest BCUT2D eigenvalue weighted by Gasteiger charge is -2.32. The fourth-order valence-corrected chi connectivity index (χ4v) is 1.92. The quantitative estimate of drug-likeness (QED) is 0.734. The average molecular weight is 247 g/mol. The fourth-order valence-electron chi connectivity index (χ4n) is 1.92. The normalized spacial score (nSPS) is 16.0. The Morgan fingerprint density at radius 3 is 2.67 bits per heavy atom. The number of nitrogens with two attached hydrogens (primary N) is 1. The molecule has 1 aliphatic rings. The minimum Gasteiger partial charge on any atom is -0.399 e. The predicted octanol–water partition coefficient (Wildman–Crippen LogP) is 0.491. The summed E-state index contributed by atoms with van der Waals surface area (Å²) in [5.74, 6) is -0.138. The lowest BCUT2D eigenvalue weighted by molar-refractivity contribution is -0.133. The van der Waals surface area contributed by atoms with E-state index in [9.17, 15) is 9.59 Å². The highest BCUT2D eigenvalue weighted by Crippen LogP contribution is 2.15. The molecule has 5 heteroatoms. The van der Waals surface area contributed by atoms with Gasteiger partial charge in [-0.1, -0.05) is 0 Å². The smallest absolute Gasteiger partial charge is 0.254 e. The lowest BCUT2D eigenvalue weighted by atomic mass is 10.1. The summed E-state index contributed by atoms with van der Waals surface area (Å²) in [6.07, 6.45) is 0. The van der Waals surface area contributed by atoms with Crippen LogP contribution in [0.25, 0.3) is 0 Å². The van der Waals surface area contributed by atoms with Gasteiger partial charge in [-0.3, -0.25) is 9.59 Å². The number of rotatable bonds is 1. The summed E-state index contributed by atoms with van der Waals surface area (Å²) in [4.78, 5) is 27.0. The van der Waals surface area contributed by atoms with Crippen LogP contribution < -0.4 is 5.73 Å². The summed E-state index contributed by atoms with van der Waals surface area (Å²) in [5, 5.41) is 0. The Morgan fingerprint density at radius 2 is 2.06 bits per heavy atom. The fraction of sp³-hybridized carbons (Fsp3) is 0.385. The van der Waals surface area contributed by atoms with Gasteiger partial charge in [-0.05, 0) is 30.7 Å². The third kappa shape index (κ3) is 2.30. The van der Waals surface area contributed by atoms with Gasteiger partial charge in [-0.25, -0.2) is 0 Å². The molecule has 1 aliphatic heterocycles. The highest BCUT2D eigenvalue weighted by molar-refractivity contribution is 5.97. The molecule has 1 aromatic rings. The molecule has 0 atom stereocenters. The molecule has 2 N–H and O–H groups in total. The first-order valence-corrected chi connectivity index (χ1v) is 5.88. The van der Waals surface area contributed by atoms with E-state index in [4.69, 9.17) is 5.73 Å². The molecular formula is C13H17N3O2. The SMILES string of the molecule is Cc1cc(C(=O)N2CCN(C)C(=O)C2)ccc1N. The average Bonchev–Trinajstić information content (AvgIpc) is 2.35. The summed E-state index contributed by atoms with van der Waals surface area (Å²) in [6, 6.07) is 5.19. The molecule has 5 nitrogen and oxygen atoms in total. The van der Waals surface area contributed by atoms with Crippen LogP contribution in [0.4, 0.5) is 5.69 Å². The molecule has 18 heavy (non-hydrogen) atoms. The van der Waals surface area contributed by atoms with Gasteiger partial charge in [0.1, 0.15) is 6.54 Å². The molecule has 0 unspecified atom stereocenters. The number of carbonyl (C=O) groups is 2. The van der Waals surface area contributed by atoms with Crippen molar-refractivity contribution in [3.05, 3.63) is 29.3 Å². The highest BCUT2D eigenvalue weighted by atomic mass is 16.2. The predicted molar refractivity (Wildman–Crippen MR) is 69.1 cm³/mol. The van der Waals surface area contributed by atoms with Gasteiger partial charge >= 0.3 is 0 Å². The van der Waals surface area contributed by atoms with Crippen LogP contribution in [0.2, 0.25) is 0 Å². The zero-order chi connectivity index (χ0) is 13.3. The lowest BCUT2D eigenvalue weighted by Crippen LogP contribution is -2.50. The van der Waals surface area contributed by atoms with Crippen LogP contribution in [0.3, 0.4) is 0 Å². The maximum Gasteiger partial charge on any atom is 0.254 e. The Kier molecular flexibility index (Phi) is 3.23. The van der Waals surface area contributed by atoms with Crippen molar-refractivity contribution in [2.75, 3.05) is 32.4 Å². The number of carbonyl (C=O) groups excluding carboxylic acids is 2. The van der Waals surface area contributed by atoms with Crippen LogP contribution in [-0.4, -0.2) is 48.3 Å². The van der Waals surface area contributed by atoms with Gasteiger partial charge in [0.15, 0.2) is 0 Å². The van der Waals surface area contributed by atoms with Gasteiger partial charge in [0.25, 0.3) is 5.91 Å². The Bertz CT molecular complexity index is 499. The molecule has 1 heterocycles. The van der Waals surface area contributed by atoms with Crippen LogP contribution in [0.15, 0.2) is 18.2 Å². The topological polar surface area (TPSA) is 66.6 Å². The molecule has 0 spiro atoms. The van der Waals surface area contributed by atoms with E-state index in [1.807, 2.05) is 6.92 Å². The van der Waals surface area contributed by atoms with Gasteiger partial charge in [-0.15, -0.1) is 0 Å². The summed E-state index contributed by atoms with van der Waals surface area (Å²) in [7, 11) is 1.75. The number of anilines is 1. The van der Waals surface area contributed by atoms with Crippen molar-refractivity contribution in [1.82, 2.24) is 9.80 Å². The van der Waals surface area contributed by atoms with Crippen LogP contribution in [0.1, 0.15) is 15.9 Å². The molecule has 1 fully saturated rings. The first-order valence-electron chi connectivity index (χ1n) is 5.88. The maximum absolute atomic E-state index is 12.2. The number of piperazine rings is 1. The number of amides is 2. The van der Waals surface area contributed by atoms with Crippen LogP contribution in [0, 0.1) is 6.92 Å². The Labute approximate surface area is 106 Å². The minimum atomic E-state index is -0.112. The summed E-state index contributed by atoms with van der Waals surface area (Å²) in [5.41, 5.74) is 7.85. The number of aryl methyl sites for hydroxylation is 1. The van der Waals surface area contributed by atoms with E-state index in [0.29, 0.717) is 24.3 Å². The molecule has 0 aromatic heterocycles. The van der Waals surface area contributed by atoms with E-state index >= 15 is 0 Å². The summed E-state index contributed by atoms with van der Waals surface area (Å²) < 4.78 is 0. The van der Waals surface area contributed by atoms with Crippen molar-refractivity contribution >= 4 is 17.5 Å². The van der Waals surface area contributed by atoms with E-state index in [2.05, 4.69) is 0 Å². The van der Waals surface area contributed by atoms with Crippen molar-refractivity contribution in [3.8, 4) is 0 Å². The second kappa shape index (κ2) is 4.68. The Morgan fingerprint density at radius 1 is 1.33 bits per heavy atom. The molecule has 0 radical (unpaired) electrons. The van der Waals surface area contributed by atoms with E-state index in [-0.39, 0.29) is 18.4 Å². The van der Waals surface area contributed by atoms with E-state index < -0.39 is 0 Å². The van der Waals surface area contributed by atoms with Crippen molar-refractivity contribution in [2.24, 2.45) is 0 Å². The molecular weight excluding hydrogens is 230 g/mol. The summed E-state index contributed by atoms with van der Waals surface area (Å²) >= 11 is 0. The Hall–Kier alpha value is -2.04. The molecule has 0 aliphatic carbocycles. The van der Waals surface area contributed by atoms with Crippen LogP contribution >= 0.6 is 0 Å². The number of benzene rings is 1. The maximum atomic E-state index is 12.2. The Balaban J connectivity index is 2.16. The van der Waals surface area contributed by atoms with Crippen molar-refractivity contribution in [1.29, 1.82) is 0 Å². The van der Waals surface area contributed by atoms with Gasteiger partial charge in [0.05, 0.1) is 0 Å². The van der Waals surface area contributed by atoms with Crippen LogP contribution in [-0.2, 0) is 4.79 Å².